The van der Waals surface area contributed by atoms with Gasteiger partial charge in [0.15, 0.2) is 6.29 Å². The summed E-state index contributed by atoms with van der Waals surface area (Å²) >= 11 is 0. The van der Waals surface area contributed by atoms with Crippen LogP contribution in [0.1, 0.15) is 29.8 Å². The number of nitrogens with zero attached hydrogens (tertiary/aromatic N) is 4. The summed E-state index contributed by atoms with van der Waals surface area (Å²) in [6.07, 6.45) is 5.67. The number of rotatable bonds is 5. The lowest BCUT2D eigenvalue weighted by Crippen LogP contribution is -2.43. The molecule has 5 nitrogen and oxygen atoms in total. The first-order valence-corrected chi connectivity index (χ1v) is 5.99. The Morgan fingerprint density at radius 3 is 3.12 bits per heavy atom. The van der Waals surface area contributed by atoms with Crippen LogP contribution in [-0.4, -0.2) is 52.0 Å². The second-order valence-corrected chi connectivity index (χ2v) is 4.36. The molecular formula is C11H17FN4O. The van der Waals surface area contributed by atoms with Gasteiger partial charge >= 0.3 is 0 Å². The van der Waals surface area contributed by atoms with Gasteiger partial charge in [-0.1, -0.05) is 11.6 Å². The van der Waals surface area contributed by atoms with E-state index in [1.54, 1.807) is 10.9 Å². The highest BCUT2D eigenvalue weighted by molar-refractivity contribution is 5.70. The van der Waals surface area contributed by atoms with Crippen molar-refractivity contribution in [3.05, 3.63) is 11.9 Å². The molecule has 2 rings (SSSR count). The van der Waals surface area contributed by atoms with Gasteiger partial charge in [0.05, 0.1) is 12.7 Å². The lowest BCUT2D eigenvalue weighted by molar-refractivity contribution is 0.111. The van der Waals surface area contributed by atoms with E-state index in [2.05, 4.69) is 15.2 Å². The van der Waals surface area contributed by atoms with Gasteiger partial charge in [0.25, 0.3) is 0 Å². The number of piperidine rings is 1. The standard InChI is InChI=1S/C11H17FN4O/c12-4-6-15-5-2-1-3-11(15)8-16-7-10(9-17)13-14-16/h7,9,11H,1-6,8H2/t11-/m1/s1. The molecule has 0 bridgehead atoms. The smallest absolute Gasteiger partial charge is 0.171 e. The third kappa shape index (κ3) is 3.09. The maximum atomic E-state index is 12.4. The number of aromatic nitrogens is 3. The molecule has 1 saturated heterocycles. The van der Waals surface area contributed by atoms with Crippen LogP contribution < -0.4 is 0 Å². The predicted octanol–water partition coefficient (Wildman–Crippen LogP) is 0.915. The zero-order valence-electron chi connectivity index (χ0n) is 9.76. The van der Waals surface area contributed by atoms with Crippen molar-refractivity contribution in [1.29, 1.82) is 0 Å². The lowest BCUT2D eigenvalue weighted by atomic mass is 10.0. The van der Waals surface area contributed by atoms with E-state index in [0.29, 0.717) is 31.1 Å². The number of hydrogen-bond acceptors (Lipinski definition) is 4. The molecule has 1 aliphatic rings. The van der Waals surface area contributed by atoms with Gasteiger partial charge in [-0.3, -0.25) is 14.4 Å². The van der Waals surface area contributed by atoms with Crippen LogP contribution >= 0.6 is 0 Å². The van der Waals surface area contributed by atoms with Gasteiger partial charge in [-0.05, 0) is 19.4 Å². The minimum absolute atomic E-state index is 0.306. The van der Waals surface area contributed by atoms with E-state index in [1.807, 2.05) is 0 Å². The highest BCUT2D eigenvalue weighted by Crippen LogP contribution is 2.17. The molecule has 1 aliphatic heterocycles. The average molecular weight is 240 g/mol. The van der Waals surface area contributed by atoms with E-state index in [9.17, 15) is 9.18 Å². The first-order chi connectivity index (χ1) is 8.33. The maximum absolute atomic E-state index is 12.4. The first kappa shape index (κ1) is 12.2. The van der Waals surface area contributed by atoms with Crippen LogP contribution in [0.3, 0.4) is 0 Å². The Morgan fingerprint density at radius 1 is 1.53 bits per heavy atom. The molecule has 2 heterocycles. The zero-order chi connectivity index (χ0) is 12.1. The minimum Gasteiger partial charge on any atom is -0.296 e. The molecule has 1 fully saturated rings. The molecule has 0 aromatic carbocycles. The molecule has 0 spiro atoms. The van der Waals surface area contributed by atoms with E-state index in [1.165, 1.54) is 6.42 Å². The number of carbonyl (C=O) groups excluding carboxylic acids is 1. The number of carbonyl (C=O) groups is 1. The molecule has 0 aliphatic carbocycles. The number of hydrogen-bond donors (Lipinski definition) is 0. The van der Waals surface area contributed by atoms with Crippen LogP contribution in [0.2, 0.25) is 0 Å². The fraction of sp³-hybridized carbons (Fsp3) is 0.727. The van der Waals surface area contributed by atoms with Crippen molar-refractivity contribution in [2.24, 2.45) is 0 Å². The quantitative estimate of drug-likeness (QED) is 0.718. The molecule has 1 aromatic rings. The molecule has 1 atom stereocenters. The third-order valence-electron chi connectivity index (χ3n) is 3.20. The highest BCUT2D eigenvalue weighted by Gasteiger charge is 2.22. The van der Waals surface area contributed by atoms with E-state index in [0.717, 1.165) is 19.4 Å². The topological polar surface area (TPSA) is 51.0 Å². The van der Waals surface area contributed by atoms with Crippen molar-refractivity contribution in [2.75, 3.05) is 19.8 Å². The fourth-order valence-electron chi connectivity index (χ4n) is 2.34. The van der Waals surface area contributed by atoms with Gasteiger partial charge < -0.3 is 0 Å². The van der Waals surface area contributed by atoms with Crippen molar-refractivity contribution in [3.63, 3.8) is 0 Å². The minimum atomic E-state index is -0.312. The molecule has 1 aromatic heterocycles. The Bertz CT molecular complexity index is 366. The van der Waals surface area contributed by atoms with Crippen LogP contribution in [-0.2, 0) is 6.54 Å². The fourth-order valence-corrected chi connectivity index (χ4v) is 2.34. The number of halogens is 1. The molecule has 6 heteroatoms. The van der Waals surface area contributed by atoms with Crippen molar-refractivity contribution < 1.29 is 9.18 Å². The van der Waals surface area contributed by atoms with E-state index < -0.39 is 0 Å². The van der Waals surface area contributed by atoms with E-state index in [-0.39, 0.29) is 6.67 Å². The molecule has 0 radical (unpaired) electrons. The summed E-state index contributed by atoms with van der Waals surface area (Å²) in [6.45, 7) is 1.80. The molecule has 94 valence electrons. The second-order valence-electron chi connectivity index (χ2n) is 4.36. The number of likely N-dealkylation sites (tertiary alicyclic amines) is 1. The zero-order valence-corrected chi connectivity index (χ0v) is 9.76. The Hall–Kier alpha value is -1.30. The Balaban J connectivity index is 1.97. The summed E-state index contributed by atoms with van der Waals surface area (Å²) < 4.78 is 14.1. The molecule has 17 heavy (non-hydrogen) atoms. The number of aldehydes is 1. The summed E-state index contributed by atoms with van der Waals surface area (Å²) in [4.78, 5) is 12.7. The van der Waals surface area contributed by atoms with Crippen molar-refractivity contribution >= 4 is 6.29 Å². The largest absolute Gasteiger partial charge is 0.296 e. The highest BCUT2D eigenvalue weighted by atomic mass is 19.1. The molecule has 0 amide bonds. The van der Waals surface area contributed by atoms with Gasteiger partial charge in [-0.2, -0.15) is 0 Å². The van der Waals surface area contributed by atoms with E-state index >= 15 is 0 Å². The summed E-state index contributed by atoms with van der Waals surface area (Å²) in [5.41, 5.74) is 0.345. The van der Waals surface area contributed by atoms with Gasteiger partial charge in [0.2, 0.25) is 0 Å². The third-order valence-corrected chi connectivity index (χ3v) is 3.20. The van der Waals surface area contributed by atoms with Crippen LogP contribution in [0.15, 0.2) is 6.20 Å². The van der Waals surface area contributed by atoms with Gasteiger partial charge in [0, 0.05) is 12.6 Å². The lowest BCUT2D eigenvalue weighted by Gasteiger charge is -2.34. The van der Waals surface area contributed by atoms with Crippen molar-refractivity contribution in [1.82, 2.24) is 19.9 Å². The first-order valence-electron chi connectivity index (χ1n) is 5.99. The van der Waals surface area contributed by atoms with Gasteiger partial charge in [-0.25, -0.2) is 4.39 Å². The number of alkyl halides is 1. The Labute approximate surface area is 99.6 Å². The van der Waals surface area contributed by atoms with Crippen LogP contribution in [0, 0.1) is 0 Å². The van der Waals surface area contributed by atoms with Crippen LogP contribution in [0.25, 0.3) is 0 Å². The van der Waals surface area contributed by atoms with Gasteiger partial charge in [-0.15, -0.1) is 5.10 Å². The summed E-state index contributed by atoms with van der Waals surface area (Å²) in [5.74, 6) is 0. The van der Waals surface area contributed by atoms with Crippen LogP contribution in [0.5, 0.6) is 0 Å². The normalized spacial score (nSPS) is 21.6. The Kier molecular flexibility index (Phi) is 4.19. The monoisotopic (exact) mass is 240 g/mol. The summed E-state index contributed by atoms with van der Waals surface area (Å²) in [6, 6.07) is 0.306. The van der Waals surface area contributed by atoms with Gasteiger partial charge in [0.1, 0.15) is 12.4 Å². The maximum Gasteiger partial charge on any atom is 0.171 e. The van der Waals surface area contributed by atoms with E-state index in [4.69, 9.17) is 0 Å². The predicted molar refractivity (Wildman–Crippen MR) is 60.6 cm³/mol. The summed E-state index contributed by atoms with van der Waals surface area (Å²) in [7, 11) is 0. The average Bonchev–Trinajstić information content (AvgIpc) is 2.80. The van der Waals surface area contributed by atoms with Crippen LogP contribution in [0.4, 0.5) is 4.39 Å². The molecular weight excluding hydrogens is 223 g/mol. The van der Waals surface area contributed by atoms with Crippen molar-refractivity contribution in [3.8, 4) is 0 Å². The van der Waals surface area contributed by atoms with Crippen molar-refractivity contribution in [2.45, 2.75) is 31.8 Å². The summed E-state index contributed by atoms with van der Waals surface area (Å²) in [5, 5.41) is 7.61. The Morgan fingerprint density at radius 2 is 2.41 bits per heavy atom. The molecule has 0 unspecified atom stereocenters. The second kappa shape index (κ2) is 5.86. The SMILES string of the molecule is O=Cc1cn(C[C@H]2CCCCN2CCF)nn1. The molecule has 0 saturated carbocycles. The molecule has 0 N–H and O–H groups in total.